The molecule has 2 N–H and O–H groups in total. The molecule has 32 heavy (non-hydrogen) atoms. The number of nitrogens with zero attached hydrogens (tertiary/aromatic N) is 3. The lowest BCUT2D eigenvalue weighted by molar-refractivity contribution is -0.142. The molecular weight excluding hydrogens is 426 g/mol. The monoisotopic (exact) mass is 461 g/mol. The average molecular weight is 462 g/mol. The van der Waals surface area contributed by atoms with Crippen LogP contribution in [-0.2, 0) is 21.0 Å². The van der Waals surface area contributed by atoms with E-state index in [1.54, 1.807) is 6.20 Å². The van der Waals surface area contributed by atoms with Crippen LogP contribution < -0.4 is 10.6 Å². The molecule has 3 rings (SSSR count). The Kier molecular flexibility index (Phi) is 8.24. The predicted octanol–water partition coefficient (Wildman–Crippen LogP) is 3.99. The van der Waals surface area contributed by atoms with E-state index in [0.717, 1.165) is 44.0 Å². The third kappa shape index (κ3) is 7.59. The van der Waals surface area contributed by atoms with Crippen molar-refractivity contribution in [2.45, 2.75) is 71.1 Å². The van der Waals surface area contributed by atoms with Crippen LogP contribution in [0.1, 0.15) is 32.6 Å². The van der Waals surface area contributed by atoms with Crippen molar-refractivity contribution in [1.82, 2.24) is 19.9 Å². The summed E-state index contributed by atoms with van der Waals surface area (Å²) < 4.78 is 12.8. The molecule has 2 aromatic heterocycles. The van der Waals surface area contributed by atoms with Crippen molar-refractivity contribution in [2.24, 2.45) is 5.92 Å². The number of esters is 1. The maximum Gasteiger partial charge on any atom is 0.320 e. The summed E-state index contributed by atoms with van der Waals surface area (Å²) in [7, 11) is -1.11. The van der Waals surface area contributed by atoms with Gasteiger partial charge in [0.25, 0.3) is 0 Å². The number of carbonyl (C=O) groups is 2. The number of amides is 2. The number of fused-ring (bicyclic) bond motifs is 1. The summed E-state index contributed by atoms with van der Waals surface area (Å²) in [5.74, 6) is 0.417. The molecule has 9 nitrogen and oxygen atoms in total. The Morgan fingerprint density at radius 1 is 1.28 bits per heavy atom. The van der Waals surface area contributed by atoms with Crippen LogP contribution in [0.25, 0.3) is 11.2 Å². The molecule has 10 heteroatoms. The number of carbonyl (C=O) groups excluding carboxylic acids is 2. The lowest BCUT2D eigenvalue weighted by Crippen LogP contribution is -2.41. The smallest absolute Gasteiger partial charge is 0.320 e. The van der Waals surface area contributed by atoms with E-state index in [1.165, 1.54) is 6.92 Å². The number of anilines is 1. The normalized spacial score (nSPS) is 19.0. The topological polar surface area (TPSA) is 107 Å². The summed E-state index contributed by atoms with van der Waals surface area (Å²) in [6, 6.07) is 2.74. The van der Waals surface area contributed by atoms with Gasteiger partial charge in [0, 0.05) is 33.8 Å². The highest BCUT2D eigenvalue weighted by Crippen LogP contribution is 2.25. The Morgan fingerprint density at radius 3 is 2.84 bits per heavy atom. The number of hydrogen-bond donors (Lipinski definition) is 2. The maximum atomic E-state index is 12.5. The van der Waals surface area contributed by atoms with E-state index in [1.807, 2.05) is 16.8 Å². The molecule has 0 unspecified atom stereocenters. The summed E-state index contributed by atoms with van der Waals surface area (Å²) in [5, 5.41) is 5.78. The van der Waals surface area contributed by atoms with Crippen molar-refractivity contribution in [2.75, 3.05) is 18.5 Å². The van der Waals surface area contributed by atoms with Crippen LogP contribution in [0.2, 0.25) is 25.7 Å². The van der Waals surface area contributed by atoms with Gasteiger partial charge in [-0.1, -0.05) is 26.1 Å². The number of nitrogens with one attached hydrogen (secondary N) is 2. The van der Waals surface area contributed by atoms with E-state index in [2.05, 4.69) is 40.2 Å². The number of rotatable bonds is 9. The van der Waals surface area contributed by atoms with Crippen LogP contribution in [0.4, 0.5) is 10.6 Å². The number of urea groups is 1. The van der Waals surface area contributed by atoms with Gasteiger partial charge in [0.2, 0.25) is 0 Å². The zero-order chi connectivity index (χ0) is 23.1. The molecule has 0 bridgehead atoms. The van der Waals surface area contributed by atoms with E-state index in [4.69, 9.17) is 9.47 Å². The van der Waals surface area contributed by atoms with Gasteiger partial charge < -0.3 is 19.4 Å². The molecule has 0 radical (unpaired) electrons. The van der Waals surface area contributed by atoms with Crippen molar-refractivity contribution in [3.8, 4) is 0 Å². The van der Waals surface area contributed by atoms with Gasteiger partial charge in [-0.15, -0.1) is 0 Å². The van der Waals surface area contributed by atoms with Crippen molar-refractivity contribution in [1.29, 1.82) is 0 Å². The standard InChI is InChI=1S/C22H35N5O4Si/c1-16(28)31-14-17-6-5-7-18(12-17)24-22(29)26-20-13-23-21-19(25-20)8-9-27(21)15-30-10-11-32(2,3)4/h8-9,13,17-18H,5-7,10-12,14-15H2,1-4H3,(H2,24,25,26,29)/t17-,18-/m0/s1. The second kappa shape index (κ2) is 10.9. The molecule has 0 aliphatic heterocycles. The van der Waals surface area contributed by atoms with E-state index < -0.39 is 8.07 Å². The number of ether oxygens (including phenoxy) is 2. The molecule has 2 heterocycles. The maximum absolute atomic E-state index is 12.5. The fraction of sp³-hybridized carbons (Fsp3) is 0.636. The van der Waals surface area contributed by atoms with Gasteiger partial charge in [-0.05, 0) is 37.3 Å². The van der Waals surface area contributed by atoms with Gasteiger partial charge in [-0.2, -0.15) is 0 Å². The third-order valence-electron chi connectivity index (χ3n) is 5.57. The summed E-state index contributed by atoms with van der Waals surface area (Å²) in [4.78, 5) is 32.4. The average Bonchev–Trinajstić information content (AvgIpc) is 3.11. The molecule has 2 amide bonds. The van der Waals surface area contributed by atoms with Crippen LogP contribution in [0, 0.1) is 5.92 Å². The first-order valence-electron chi connectivity index (χ1n) is 11.3. The second-order valence-electron chi connectivity index (χ2n) is 9.73. The van der Waals surface area contributed by atoms with Crippen molar-refractivity contribution < 1.29 is 19.1 Å². The van der Waals surface area contributed by atoms with Gasteiger partial charge in [0.15, 0.2) is 11.5 Å². The lowest BCUT2D eigenvalue weighted by Gasteiger charge is -2.29. The molecule has 2 aromatic rings. The van der Waals surface area contributed by atoms with Crippen molar-refractivity contribution in [3.05, 3.63) is 18.5 Å². The second-order valence-corrected chi connectivity index (χ2v) is 15.3. The number of hydrogen-bond acceptors (Lipinski definition) is 6. The van der Waals surface area contributed by atoms with E-state index >= 15 is 0 Å². The van der Waals surface area contributed by atoms with Crippen LogP contribution in [0.3, 0.4) is 0 Å². The molecule has 2 atom stereocenters. The summed E-state index contributed by atoms with van der Waals surface area (Å²) in [6.07, 6.45) is 7.17. The first-order valence-corrected chi connectivity index (χ1v) is 15.0. The molecule has 0 spiro atoms. The van der Waals surface area contributed by atoms with Gasteiger partial charge >= 0.3 is 12.0 Å². The molecule has 176 valence electrons. The molecule has 1 aliphatic rings. The fourth-order valence-corrected chi connectivity index (χ4v) is 4.57. The molecular formula is C22H35N5O4Si. The van der Waals surface area contributed by atoms with Gasteiger partial charge in [-0.3, -0.25) is 10.1 Å². The first kappa shape index (κ1) is 24.2. The highest BCUT2D eigenvalue weighted by molar-refractivity contribution is 6.76. The third-order valence-corrected chi connectivity index (χ3v) is 7.28. The minimum atomic E-state index is -1.11. The summed E-state index contributed by atoms with van der Waals surface area (Å²) in [5.41, 5.74) is 1.43. The Balaban J connectivity index is 1.49. The van der Waals surface area contributed by atoms with Gasteiger partial charge in [-0.25, -0.2) is 14.8 Å². The quantitative estimate of drug-likeness (QED) is 0.332. The van der Waals surface area contributed by atoms with E-state index in [9.17, 15) is 9.59 Å². The molecule has 1 aliphatic carbocycles. The first-order chi connectivity index (χ1) is 15.2. The van der Waals surface area contributed by atoms with Crippen LogP contribution in [-0.4, -0.2) is 53.9 Å². The minimum Gasteiger partial charge on any atom is -0.466 e. The van der Waals surface area contributed by atoms with Crippen molar-refractivity contribution >= 4 is 37.1 Å². The van der Waals surface area contributed by atoms with Crippen LogP contribution in [0.15, 0.2) is 18.5 Å². The Hall–Kier alpha value is -2.46. The largest absolute Gasteiger partial charge is 0.466 e. The van der Waals surface area contributed by atoms with Gasteiger partial charge in [0.05, 0.1) is 12.8 Å². The van der Waals surface area contributed by atoms with Crippen molar-refractivity contribution in [3.63, 3.8) is 0 Å². The SMILES string of the molecule is CC(=O)OC[C@H]1CCC[C@H](NC(=O)Nc2cnc3c(ccn3COCC[Si](C)(C)C)n2)C1. The Morgan fingerprint density at radius 2 is 2.09 bits per heavy atom. The highest BCUT2D eigenvalue weighted by atomic mass is 28.3. The van der Waals surface area contributed by atoms with E-state index in [-0.39, 0.29) is 24.0 Å². The molecule has 1 fully saturated rings. The highest BCUT2D eigenvalue weighted by Gasteiger charge is 2.24. The zero-order valence-corrected chi connectivity index (χ0v) is 20.5. The molecule has 1 saturated carbocycles. The molecule has 0 aromatic carbocycles. The summed E-state index contributed by atoms with van der Waals surface area (Å²) >= 11 is 0. The van der Waals surface area contributed by atoms with E-state index in [0.29, 0.717) is 24.7 Å². The summed E-state index contributed by atoms with van der Waals surface area (Å²) in [6.45, 7) is 9.99. The zero-order valence-electron chi connectivity index (χ0n) is 19.5. The number of aromatic nitrogens is 3. The molecule has 0 saturated heterocycles. The van der Waals surface area contributed by atoms with Gasteiger partial charge in [0.1, 0.15) is 12.2 Å². The predicted molar refractivity (Wildman–Crippen MR) is 126 cm³/mol. The van der Waals surface area contributed by atoms with Crippen LogP contribution >= 0.6 is 0 Å². The fourth-order valence-electron chi connectivity index (χ4n) is 3.81. The minimum absolute atomic E-state index is 0.0513. The lowest BCUT2D eigenvalue weighted by atomic mass is 9.86. The van der Waals surface area contributed by atoms with Crippen LogP contribution in [0.5, 0.6) is 0 Å². The Labute approximate surface area is 190 Å². The Bertz CT molecular complexity index is 927.